The van der Waals surface area contributed by atoms with E-state index in [0.29, 0.717) is 26.2 Å². The zero-order valence-corrected chi connectivity index (χ0v) is 14.0. The summed E-state index contributed by atoms with van der Waals surface area (Å²) in [6, 6.07) is 3.38. The van der Waals surface area contributed by atoms with Crippen LogP contribution in [0, 0.1) is 5.82 Å². The Morgan fingerprint density at radius 2 is 1.84 bits per heavy atom. The average molecular weight is 351 g/mol. The summed E-state index contributed by atoms with van der Waals surface area (Å²) in [6.07, 6.45) is 0. The minimum Gasteiger partial charge on any atom is -0.355 e. The number of hydrogen-bond donors (Lipinski definition) is 4. The summed E-state index contributed by atoms with van der Waals surface area (Å²) < 4.78 is 14.1. The van der Waals surface area contributed by atoms with E-state index in [2.05, 4.69) is 21.3 Å². The quantitative estimate of drug-likeness (QED) is 0.566. The summed E-state index contributed by atoms with van der Waals surface area (Å²) in [5.74, 6) is -1.11. The van der Waals surface area contributed by atoms with Gasteiger partial charge in [-0.3, -0.25) is 9.59 Å². The molecule has 0 radical (unpaired) electrons. The molecule has 0 atom stereocenters. The van der Waals surface area contributed by atoms with Gasteiger partial charge >= 0.3 is 6.03 Å². The van der Waals surface area contributed by atoms with Crippen LogP contribution >= 0.6 is 0 Å². The Kier molecular flexibility index (Phi) is 6.70. The van der Waals surface area contributed by atoms with E-state index >= 15 is 0 Å². The van der Waals surface area contributed by atoms with Gasteiger partial charge in [0.25, 0.3) is 5.91 Å². The fourth-order valence-corrected chi connectivity index (χ4v) is 2.38. The van der Waals surface area contributed by atoms with Crippen LogP contribution in [0.4, 0.5) is 14.9 Å². The fourth-order valence-electron chi connectivity index (χ4n) is 2.38. The molecular weight excluding hydrogens is 329 g/mol. The number of nitrogens with one attached hydrogen (secondary N) is 4. The first-order valence-corrected chi connectivity index (χ1v) is 8.06. The number of amides is 4. The molecule has 136 valence electrons. The van der Waals surface area contributed by atoms with Gasteiger partial charge in [0, 0.05) is 51.8 Å². The Morgan fingerprint density at radius 1 is 1.16 bits per heavy atom. The van der Waals surface area contributed by atoms with Gasteiger partial charge in [0.15, 0.2) is 0 Å². The molecule has 1 heterocycles. The topological polar surface area (TPSA) is 103 Å². The van der Waals surface area contributed by atoms with E-state index in [9.17, 15) is 18.8 Å². The van der Waals surface area contributed by atoms with E-state index in [4.69, 9.17) is 0 Å². The van der Waals surface area contributed by atoms with E-state index in [-0.39, 0.29) is 36.2 Å². The zero-order chi connectivity index (χ0) is 18.2. The van der Waals surface area contributed by atoms with Crippen molar-refractivity contribution in [3.8, 4) is 0 Å². The molecule has 2 rings (SSSR count). The third-order valence-electron chi connectivity index (χ3n) is 3.65. The van der Waals surface area contributed by atoms with E-state index in [1.165, 1.54) is 19.1 Å². The number of nitrogens with zero attached hydrogens (tertiary/aromatic N) is 1. The molecule has 4 amide bonds. The number of piperazine rings is 1. The first kappa shape index (κ1) is 18.7. The molecule has 4 N–H and O–H groups in total. The van der Waals surface area contributed by atoms with Crippen molar-refractivity contribution in [2.75, 3.05) is 44.6 Å². The Bertz CT molecular complexity index is 647. The molecule has 0 aliphatic carbocycles. The maximum absolute atomic E-state index is 14.1. The van der Waals surface area contributed by atoms with Gasteiger partial charge in [-0.1, -0.05) is 0 Å². The number of rotatable bonds is 5. The summed E-state index contributed by atoms with van der Waals surface area (Å²) >= 11 is 0. The van der Waals surface area contributed by atoms with Gasteiger partial charge in [-0.2, -0.15) is 0 Å². The van der Waals surface area contributed by atoms with Crippen molar-refractivity contribution >= 4 is 23.5 Å². The highest BCUT2D eigenvalue weighted by Crippen LogP contribution is 2.17. The lowest BCUT2D eigenvalue weighted by molar-refractivity contribution is -0.118. The van der Waals surface area contributed by atoms with Gasteiger partial charge in [0.05, 0.1) is 5.69 Å². The lowest BCUT2D eigenvalue weighted by atomic mass is 10.1. The van der Waals surface area contributed by atoms with Gasteiger partial charge in [-0.25, -0.2) is 9.18 Å². The van der Waals surface area contributed by atoms with Crippen molar-refractivity contribution in [3.63, 3.8) is 0 Å². The monoisotopic (exact) mass is 351 g/mol. The summed E-state index contributed by atoms with van der Waals surface area (Å²) in [7, 11) is 0. The molecule has 1 fully saturated rings. The Morgan fingerprint density at radius 3 is 2.48 bits per heavy atom. The zero-order valence-electron chi connectivity index (χ0n) is 14.0. The van der Waals surface area contributed by atoms with E-state index in [1.54, 1.807) is 4.90 Å². The fraction of sp³-hybridized carbons (Fsp3) is 0.438. The van der Waals surface area contributed by atoms with Crippen molar-refractivity contribution < 1.29 is 18.8 Å². The highest BCUT2D eigenvalue weighted by molar-refractivity contribution is 5.95. The molecule has 9 heteroatoms. The van der Waals surface area contributed by atoms with Crippen molar-refractivity contribution in [2.24, 2.45) is 0 Å². The highest BCUT2D eigenvalue weighted by Gasteiger charge is 2.19. The number of carbonyl (C=O) groups is 3. The molecule has 0 saturated carbocycles. The van der Waals surface area contributed by atoms with Crippen LogP contribution in [-0.2, 0) is 4.79 Å². The third-order valence-corrected chi connectivity index (χ3v) is 3.65. The van der Waals surface area contributed by atoms with E-state index in [1.807, 2.05) is 0 Å². The number of halogens is 1. The van der Waals surface area contributed by atoms with Crippen molar-refractivity contribution in [2.45, 2.75) is 6.92 Å². The molecule has 8 nitrogen and oxygen atoms in total. The second-order valence-electron chi connectivity index (χ2n) is 5.60. The molecule has 0 unspecified atom stereocenters. The van der Waals surface area contributed by atoms with Crippen LogP contribution in [-0.4, -0.2) is 62.0 Å². The molecule has 1 saturated heterocycles. The van der Waals surface area contributed by atoms with Crippen molar-refractivity contribution in [1.29, 1.82) is 0 Å². The predicted octanol–water partition coefficient (Wildman–Crippen LogP) is 0.129. The maximum Gasteiger partial charge on any atom is 0.319 e. The molecule has 0 aromatic heterocycles. The van der Waals surface area contributed by atoms with Gasteiger partial charge in [-0.05, 0) is 18.2 Å². The molecule has 0 bridgehead atoms. The molecule has 1 aliphatic rings. The normalized spacial score (nSPS) is 13.9. The molecule has 0 spiro atoms. The van der Waals surface area contributed by atoms with E-state index in [0.717, 1.165) is 6.07 Å². The number of hydrogen-bond acceptors (Lipinski definition) is 4. The van der Waals surface area contributed by atoms with Crippen LogP contribution in [0.5, 0.6) is 0 Å². The summed E-state index contributed by atoms with van der Waals surface area (Å²) in [5, 5.41) is 10.5. The Balaban J connectivity index is 1.89. The van der Waals surface area contributed by atoms with Crippen LogP contribution in [0.1, 0.15) is 17.3 Å². The predicted molar refractivity (Wildman–Crippen MR) is 90.9 cm³/mol. The largest absolute Gasteiger partial charge is 0.355 e. The van der Waals surface area contributed by atoms with Crippen LogP contribution in [0.15, 0.2) is 18.2 Å². The lowest BCUT2D eigenvalue weighted by Crippen LogP contribution is -2.46. The minimum atomic E-state index is -0.682. The Labute approximate surface area is 145 Å². The third kappa shape index (κ3) is 5.71. The average Bonchev–Trinajstić information content (AvgIpc) is 2.60. The summed E-state index contributed by atoms with van der Waals surface area (Å²) in [4.78, 5) is 36.4. The standard InChI is InChI=1S/C16H22FN5O3/c1-11(23)19-4-5-20-16(25)21-14-3-2-12(10-13(14)17)15(24)22-8-6-18-7-9-22/h2-3,10,18H,4-9H2,1H3,(H,19,23)(H2,20,21,25). The second kappa shape index (κ2) is 8.97. The second-order valence-corrected chi connectivity index (χ2v) is 5.60. The van der Waals surface area contributed by atoms with Crippen LogP contribution < -0.4 is 21.3 Å². The number of anilines is 1. The first-order chi connectivity index (χ1) is 12.0. The number of urea groups is 1. The summed E-state index contributed by atoms with van der Waals surface area (Å²) in [5.41, 5.74) is 0.227. The smallest absolute Gasteiger partial charge is 0.319 e. The van der Waals surface area contributed by atoms with Gasteiger partial charge in [-0.15, -0.1) is 0 Å². The van der Waals surface area contributed by atoms with Crippen molar-refractivity contribution in [3.05, 3.63) is 29.6 Å². The van der Waals surface area contributed by atoms with Gasteiger partial charge < -0.3 is 26.2 Å². The molecular formula is C16H22FN5O3. The van der Waals surface area contributed by atoms with Gasteiger partial charge in [0.2, 0.25) is 5.91 Å². The van der Waals surface area contributed by atoms with E-state index < -0.39 is 11.8 Å². The van der Waals surface area contributed by atoms with Crippen LogP contribution in [0.3, 0.4) is 0 Å². The van der Waals surface area contributed by atoms with Crippen LogP contribution in [0.2, 0.25) is 0 Å². The lowest BCUT2D eigenvalue weighted by Gasteiger charge is -2.27. The Hall–Kier alpha value is -2.68. The molecule has 1 aliphatic heterocycles. The maximum atomic E-state index is 14.1. The SMILES string of the molecule is CC(=O)NCCNC(=O)Nc1ccc(C(=O)N2CCNCC2)cc1F. The van der Waals surface area contributed by atoms with Crippen molar-refractivity contribution in [1.82, 2.24) is 20.9 Å². The summed E-state index contributed by atoms with van der Waals surface area (Å²) in [6.45, 7) is 4.46. The number of carbonyl (C=O) groups excluding carboxylic acids is 3. The minimum absolute atomic E-state index is 0.0195. The van der Waals surface area contributed by atoms with Gasteiger partial charge in [0.1, 0.15) is 5.82 Å². The number of benzene rings is 1. The first-order valence-electron chi connectivity index (χ1n) is 8.06. The molecule has 1 aromatic carbocycles. The van der Waals surface area contributed by atoms with Crippen LogP contribution in [0.25, 0.3) is 0 Å². The molecule has 1 aromatic rings. The highest BCUT2D eigenvalue weighted by atomic mass is 19.1. The molecule has 25 heavy (non-hydrogen) atoms.